The molecule has 0 radical (unpaired) electrons. The van der Waals surface area contributed by atoms with E-state index in [1.54, 1.807) is 6.07 Å². The maximum absolute atomic E-state index is 13.7. The Balaban J connectivity index is 1.64. The summed E-state index contributed by atoms with van der Waals surface area (Å²) in [4.78, 5) is 18.8. The smallest absolute Gasteiger partial charge is 0.256 e. The summed E-state index contributed by atoms with van der Waals surface area (Å²) in [5, 5.41) is 2.18. The lowest BCUT2D eigenvalue weighted by Gasteiger charge is -2.25. The molecule has 1 N–H and O–H groups in total. The van der Waals surface area contributed by atoms with Gasteiger partial charge in [0.2, 0.25) is 0 Å². The minimum absolute atomic E-state index is 0.0492. The molecule has 0 bridgehead atoms. The number of hydrogen-bond acceptors (Lipinski definition) is 1. The van der Waals surface area contributed by atoms with E-state index >= 15 is 0 Å². The van der Waals surface area contributed by atoms with Crippen LogP contribution in [0.15, 0.2) is 72.9 Å². The first-order valence-corrected chi connectivity index (χ1v) is 11.9. The van der Waals surface area contributed by atoms with Gasteiger partial charge in [-0.2, -0.15) is 0 Å². The molecule has 1 amide bonds. The van der Waals surface area contributed by atoms with E-state index in [4.69, 9.17) is 23.2 Å². The van der Waals surface area contributed by atoms with Crippen LogP contribution >= 0.6 is 23.2 Å². The van der Waals surface area contributed by atoms with Crippen LogP contribution in [0.1, 0.15) is 47.8 Å². The molecule has 0 fully saturated rings. The van der Waals surface area contributed by atoms with Crippen LogP contribution in [-0.4, -0.2) is 22.3 Å². The molecule has 0 unspecified atom stereocenters. The molecule has 0 atom stereocenters. The lowest BCUT2D eigenvalue weighted by Crippen LogP contribution is -2.32. The Bertz CT molecular complexity index is 1270. The highest BCUT2D eigenvalue weighted by molar-refractivity contribution is 6.32. The number of halogens is 2. The Kier molecular flexibility index (Phi) is 6.83. The van der Waals surface area contributed by atoms with Crippen LogP contribution in [0.5, 0.6) is 0 Å². The zero-order valence-electron chi connectivity index (χ0n) is 19.2. The molecule has 1 heterocycles. The summed E-state index contributed by atoms with van der Waals surface area (Å²) in [6.07, 6.45) is 2.54. The van der Waals surface area contributed by atoms with Gasteiger partial charge in [-0.1, -0.05) is 80.4 Å². The van der Waals surface area contributed by atoms with Crippen molar-refractivity contribution < 1.29 is 4.79 Å². The van der Waals surface area contributed by atoms with Crippen LogP contribution in [0.4, 0.5) is 0 Å². The summed E-state index contributed by atoms with van der Waals surface area (Å²) in [6, 6.07) is 21.9. The van der Waals surface area contributed by atoms with Crippen molar-refractivity contribution in [2.24, 2.45) is 0 Å². The largest absolute Gasteiger partial charge is 0.361 e. The molecule has 4 rings (SSSR count). The second kappa shape index (κ2) is 9.62. The van der Waals surface area contributed by atoms with Gasteiger partial charge in [-0.05, 0) is 58.9 Å². The zero-order chi connectivity index (χ0) is 23.6. The number of fused-ring (bicyclic) bond motifs is 1. The Morgan fingerprint density at radius 3 is 2.36 bits per heavy atom. The molecule has 0 aliphatic rings. The maximum atomic E-state index is 13.7. The van der Waals surface area contributed by atoms with Gasteiger partial charge >= 0.3 is 0 Å². The van der Waals surface area contributed by atoms with Crippen LogP contribution in [-0.2, 0) is 18.4 Å². The number of hydrogen-bond donors (Lipinski definition) is 1. The number of aromatic amines is 1. The fourth-order valence-corrected chi connectivity index (χ4v) is 4.45. The van der Waals surface area contributed by atoms with Crippen molar-refractivity contribution >= 4 is 40.0 Å². The van der Waals surface area contributed by atoms with Crippen LogP contribution in [0, 0.1) is 0 Å². The van der Waals surface area contributed by atoms with Crippen molar-refractivity contribution in [3.05, 3.63) is 105 Å². The molecule has 170 valence electrons. The van der Waals surface area contributed by atoms with Gasteiger partial charge in [-0.3, -0.25) is 4.79 Å². The molecular formula is C28H28Cl2N2O. The molecular weight excluding hydrogens is 451 g/mol. The summed E-state index contributed by atoms with van der Waals surface area (Å²) < 4.78 is 0. The molecule has 0 aliphatic heterocycles. The quantitative estimate of drug-likeness (QED) is 0.303. The van der Waals surface area contributed by atoms with Crippen LogP contribution in [0.25, 0.3) is 10.9 Å². The number of H-pyrrole nitrogens is 1. The fraction of sp³-hybridized carbons (Fsp3) is 0.250. The number of carbonyl (C=O) groups excluding carboxylic acids is 1. The number of benzene rings is 3. The number of rotatable bonds is 6. The van der Waals surface area contributed by atoms with Gasteiger partial charge in [0.15, 0.2) is 0 Å². The van der Waals surface area contributed by atoms with Crippen molar-refractivity contribution in [3.63, 3.8) is 0 Å². The third kappa shape index (κ3) is 5.61. The van der Waals surface area contributed by atoms with Gasteiger partial charge in [0.1, 0.15) is 0 Å². The number of nitrogens with one attached hydrogen (secondary N) is 1. The Labute approximate surface area is 205 Å². The molecule has 0 aliphatic carbocycles. The first kappa shape index (κ1) is 23.4. The van der Waals surface area contributed by atoms with E-state index in [1.165, 1.54) is 5.56 Å². The SMILES string of the molecule is CC(C)(C)c1ccc(CN(CCc2cccc(Cl)c2)C(=O)c2cc(Cl)cc3cc[nH]c23)cc1. The maximum Gasteiger partial charge on any atom is 0.256 e. The minimum atomic E-state index is -0.0492. The molecule has 0 saturated carbocycles. The van der Waals surface area contributed by atoms with Crippen molar-refractivity contribution in [3.8, 4) is 0 Å². The van der Waals surface area contributed by atoms with Crippen molar-refractivity contribution in [1.82, 2.24) is 9.88 Å². The van der Waals surface area contributed by atoms with E-state index in [9.17, 15) is 4.79 Å². The third-order valence-electron chi connectivity index (χ3n) is 5.89. The number of aromatic nitrogens is 1. The predicted octanol–water partition coefficient (Wildman–Crippen LogP) is 7.66. The number of nitrogens with zero attached hydrogens (tertiary/aromatic N) is 1. The van der Waals surface area contributed by atoms with Gasteiger partial charge in [0, 0.05) is 34.7 Å². The van der Waals surface area contributed by atoms with E-state index < -0.39 is 0 Å². The Morgan fingerprint density at radius 1 is 0.909 bits per heavy atom. The summed E-state index contributed by atoms with van der Waals surface area (Å²) in [6.45, 7) is 7.67. The summed E-state index contributed by atoms with van der Waals surface area (Å²) >= 11 is 12.5. The molecule has 0 spiro atoms. The van der Waals surface area contributed by atoms with Gasteiger partial charge in [-0.25, -0.2) is 0 Å². The highest BCUT2D eigenvalue weighted by Gasteiger charge is 2.21. The lowest BCUT2D eigenvalue weighted by atomic mass is 9.87. The molecule has 1 aromatic heterocycles. The van der Waals surface area contributed by atoms with Gasteiger partial charge in [-0.15, -0.1) is 0 Å². The third-order valence-corrected chi connectivity index (χ3v) is 6.35. The predicted molar refractivity (Wildman–Crippen MR) is 138 cm³/mol. The monoisotopic (exact) mass is 478 g/mol. The van der Waals surface area contributed by atoms with Gasteiger partial charge in [0.25, 0.3) is 5.91 Å². The topological polar surface area (TPSA) is 36.1 Å². The highest BCUT2D eigenvalue weighted by Crippen LogP contribution is 2.26. The van der Waals surface area contributed by atoms with E-state index in [1.807, 2.05) is 47.5 Å². The molecule has 3 aromatic carbocycles. The number of carbonyl (C=O) groups is 1. The lowest BCUT2D eigenvalue weighted by molar-refractivity contribution is 0.0747. The van der Waals surface area contributed by atoms with Crippen molar-refractivity contribution in [1.29, 1.82) is 0 Å². The highest BCUT2D eigenvalue weighted by atomic mass is 35.5. The first-order valence-electron chi connectivity index (χ1n) is 11.1. The van der Waals surface area contributed by atoms with Crippen molar-refractivity contribution in [2.75, 3.05) is 6.54 Å². The van der Waals surface area contributed by atoms with Crippen LogP contribution < -0.4 is 0 Å². The zero-order valence-corrected chi connectivity index (χ0v) is 20.7. The van der Waals surface area contributed by atoms with Gasteiger partial charge in [0.05, 0.1) is 11.1 Å². The normalized spacial score (nSPS) is 11.7. The second-order valence-electron chi connectivity index (χ2n) is 9.45. The average Bonchev–Trinajstić information content (AvgIpc) is 3.23. The Morgan fingerprint density at radius 2 is 1.67 bits per heavy atom. The van der Waals surface area contributed by atoms with Crippen molar-refractivity contribution in [2.45, 2.75) is 39.2 Å². The van der Waals surface area contributed by atoms with E-state index in [-0.39, 0.29) is 11.3 Å². The molecule has 3 nitrogen and oxygen atoms in total. The number of amides is 1. The second-order valence-corrected chi connectivity index (χ2v) is 10.3. The van der Waals surface area contributed by atoms with Gasteiger partial charge < -0.3 is 9.88 Å². The molecule has 0 saturated heterocycles. The average molecular weight is 479 g/mol. The standard InChI is InChI=1S/C28H28Cl2N2O/c1-28(2,3)22-9-7-20(8-10-22)18-32(14-12-19-5-4-6-23(29)15-19)27(33)25-17-24(30)16-21-11-13-31-26(21)25/h4-11,13,15-17,31H,12,14,18H2,1-3H3. The molecule has 33 heavy (non-hydrogen) atoms. The van der Waals surface area contributed by atoms with E-state index in [0.29, 0.717) is 35.1 Å². The summed E-state index contributed by atoms with van der Waals surface area (Å²) in [5.74, 6) is -0.0492. The molecule has 4 aromatic rings. The first-order chi connectivity index (χ1) is 15.7. The van der Waals surface area contributed by atoms with Crippen LogP contribution in [0.2, 0.25) is 10.0 Å². The fourth-order valence-electron chi connectivity index (χ4n) is 4.01. The summed E-state index contributed by atoms with van der Waals surface area (Å²) in [7, 11) is 0. The summed E-state index contributed by atoms with van der Waals surface area (Å²) in [5.41, 5.74) is 4.93. The van der Waals surface area contributed by atoms with E-state index in [0.717, 1.165) is 22.0 Å². The Hall–Kier alpha value is -2.75. The molecule has 5 heteroatoms. The minimum Gasteiger partial charge on any atom is -0.361 e. The van der Waals surface area contributed by atoms with Crippen LogP contribution in [0.3, 0.4) is 0 Å². The van der Waals surface area contributed by atoms with E-state index in [2.05, 4.69) is 50.0 Å².